The van der Waals surface area contributed by atoms with Crippen molar-refractivity contribution in [1.29, 1.82) is 0 Å². The summed E-state index contributed by atoms with van der Waals surface area (Å²) in [6.07, 6.45) is 4.73. The number of nitrogens with zero attached hydrogens (tertiary/aromatic N) is 6. The number of methoxy groups -OCH3 is 1. The van der Waals surface area contributed by atoms with Gasteiger partial charge in [-0.3, -0.25) is 9.89 Å². The Morgan fingerprint density at radius 3 is 2.66 bits per heavy atom. The Bertz CT molecular complexity index is 1230. The standard InChI is InChI=1S/C18H17F2N7O2/c1-25(2)18(28)17-22-16(23-24-17)15-14(27-6-5-21-8-27)9-7-10(29-4)11(19)12(20)13(9)26(15)3/h5-8H,1-4H3,(H,22,23,24). The van der Waals surface area contributed by atoms with Crippen LogP contribution < -0.4 is 4.74 Å². The van der Waals surface area contributed by atoms with Gasteiger partial charge >= 0.3 is 0 Å². The number of aromatic nitrogens is 6. The zero-order valence-corrected chi connectivity index (χ0v) is 16.1. The van der Waals surface area contributed by atoms with Crippen molar-refractivity contribution in [2.24, 2.45) is 7.05 Å². The fraction of sp³-hybridized carbons (Fsp3) is 0.222. The van der Waals surface area contributed by atoms with Crippen molar-refractivity contribution in [3.8, 4) is 23.0 Å². The second kappa shape index (κ2) is 6.69. The summed E-state index contributed by atoms with van der Waals surface area (Å²) in [6.45, 7) is 0. The first kappa shape index (κ1) is 18.6. The van der Waals surface area contributed by atoms with Gasteiger partial charge in [0.25, 0.3) is 5.91 Å². The first-order valence-electron chi connectivity index (χ1n) is 8.52. The summed E-state index contributed by atoms with van der Waals surface area (Å²) in [4.78, 5) is 21.8. The zero-order chi connectivity index (χ0) is 20.9. The van der Waals surface area contributed by atoms with Gasteiger partial charge in [-0.05, 0) is 6.07 Å². The van der Waals surface area contributed by atoms with Crippen molar-refractivity contribution in [3.05, 3.63) is 42.2 Å². The Morgan fingerprint density at radius 1 is 1.28 bits per heavy atom. The van der Waals surface area contributed by atoms with E-state index in [4.69, 9.17) is 4.74 Å². The fourth-order valence-electron chi connectivity index (χ4n) is 3.23. The number of halogens is 2. The maximum atomic E-state index is 14.9. The number of rotatable bonds is 4. The second-order valence-electron chi connectivity index (χ2n) is 6.54. The van der Waals surface area contributed by atoms with Crippen molar-refractivity contribution < 1.29 is 18.3 Å². The third-order valence-electron chi connectivity index (χ3n) is 4.59. The van der Waals surface area contributed by atoms with Gasteiger partial charge in [0.15, 0.2) is 17.4 Å². The molecule has 9 nitrogen and oxygen atoms in total. The Morgan fingerprint density at radius 2 is 2.03 bits per heavy atom. The van der Waals surface area contributed by atoms with Crippen molar-refractivity contribution in [1.82, 2.24) is 34.2 Å². The van der Waals surface area contributed by atoms with Crippen LogP contribution in [-0.4, -0.2) is 61.3 Å². The molecule has 0 aliphatic heterocycles. The molecule has 0 spiro atoms. The number of H-pyrrole nitrogens is 1. The van der Waals surface area contributed by atoms with E-state index >= 15 is 0 Å². The topological polar surface area (TPSA) is 93.9 Å². The van der Waals surface area contributed by atoms with Crippen molar-refractivity contribution in [2.45, 2.75) is 0 Å². The minimum Gasteiger partial charge on any atom is -0.494 e. The van der Waals surface area contributed by atoms with Crippen molar-refractivity contribution >= 4 is 16.8 Å². The van der Waals surface area contributed by atoms with Gasteiger partial charge in [0.1, 0.15) is 5.69 Å². The highest BCUT2D eigenvalue weighted by Crippen LogP contribution is 2.39. The molecule has 0 aliphatic carbocycles. The van der Waals surface area contributed by atoms with Crippen LogP contribution in [-0.2, 0) is 7.05 Å². The number of carbonyl (C=O) groups excluding carboxylic acids is 1. The summed E-state index contributed by atoms with van der Waals surface area (Å²) in [5.74, 6) is -2.58. The number of aryl methyl sites for hydroxylation is 1. The third kappa shape index (κ3) is 2.73. The highest BCUT2D eigenvalue weighted by molar-refractivity contribution is 5.98. The Kier molecular flexibility index (Phi) is 4.29. The average molecular weight is 401 g/mol. The molecule has 4 rings (SSSR count). The lowest BCUT2D eigenvalue weighted by molar-refractivity contribution is 0.0816. The van der Waals surface area contributed by atoms with Crippen LogP contribution in [0.1, 0.15) is 10.6 Å². The maximum absolute atomic E-state index is 14.9. The molecule has 0 saturated carbocycles. The molecule has 1 N–H and O–H groups in total. The molecule has 1 aromatic carbocycles. The van der Waals surface area contributed by atoms with E-state index in [-0.39, 0.29) is 28.8 Å². The summed E-state index contributed by atoms with van der Waals surface area (Å²) in [5.41, 5.74) is 0.853. The largest absolute Gasteiger partial charge is 0.494 e. The molecular formula is C18H17F2N7O2. The molecule has 0 radical (unpaired) electrons. The molecule has 0 unspecified atom stereocenters. The molecule has 0 fully saturated rings. The van der Waals surface area contributed by atoms with Gasteiger partial charge < -0.3 is 18.8 Å². The van der Waals surface area contributed by atoms with E-state index in [0.29, 0.717) is 16.8 Å². The van der Waals surface area contributed by atoms with Crippen LogP contribution in [0.4, 0.5) is 8.78 Å². The molecule has 0 aliphatic rings. The molecule has 0 bridgehead atoms. The summed E-state index contributed by atoms with van der Waals surface area (Å²) < 4.78 is 37.3. The predicted molar refractivity (Wildman–Crippen MR) is 99.9 cm³/mol. The van der Waals surface area contributed by atoms with Crippen LogP contribution in [0.2, 0.25) is 0 Å². The number of amides is 1. The van der Waals surface area contributed by atoms with Crippen LogP contribution >= 0.6 is 0 Å². The van der Waals surface area contributed by atoms with Gasteiger partial charge in [-0.15, -0.1) is 0 Å². The van der Waals surface area contributed by atoms with Gasteiger partial charge in [0.05, 0.1) is 24.6 Å². The maximum Gasteiger partial charge on any atom is 0.290 e. The Labute approximate surface area is 163 Å². The van der Waals surface area contributed by atoms with Gasteiger partial charge in [0.2, 0.25) is 11.6 Å². The number of carbonyl (C=O) groups is 1. The smallest absolute Gasteiger partial charge is 0.290 e. The number of hydrogen-bond donors (Lipinski definition) is 1. The number of nitrogens with one attached hydrogen (secondary N) is 1. The van der Waals surface area contributed by atoms with Crippen LogP contribution in [0, 0.1) is 11.6 Å². The van der Waals surface area contributed by atoms with Crippen molar-refractivity contribution in [2.75, 3.05) is 21.2 Å². The van der Waals surface area contributed by atoms with Gasteiger partial charge in [0, 0.05) is 38.9 Å². The number of ether oxygens (including phenoxy) is 1. The van der Waals surface area contributed by atoms with E-state index in [0.717, 1.165) is 0 Å². The Balaban J connectivity index is 2.07. The molecule has 3 heterocycles. The normalized spacial score (nSPS) is 11.2. The number of hydrogen-bond acceptors (Lipinski definition) is 5. The van der Waals surface area contributed by atoms with E-state index in [1.54, 1.807) is 38.1 Å². The monoisotopic (exact) mass is 401 g/mol. The molecule has 3 aromatic heterocycles. The number of benzene rings is 1. The quantitative estimate of drug-likeness (QED) is 0.566. The highest BCUT2D eigenvalue weighted by atomic mass is 19.2. The number of fused-ring (bicyclic) bond motifs is 1. The summed E-state index contributed by atoms with van der Waals surface area (Å²) in [7, 11) is 6.00. The van der Waals surface area contributed by atoms with Crippen LogP contribution in [0.25, 0.3) is 28.1 Å². The first-order valence-corrected chi connectivity index (χ1v) is 8.52. The minimum absolute atomic E-state index is 0.00675. The minimum atomic E-state index is -1.09. The number of imidazole rings is 1. The van der Waals surface area contributed by atoms with Gasteiger partial charge in [-0.2, -0.15) is 9.49 Å². The van der Waals surface area contributed by atoms with Crippen LogP contribution in [0.3, 0.4) is 0 Å². The fourth-order valence-corrected chi connectivity index (χ4v) is 3.23. The molecule has 29 heavy (non-hydrogen) atoms. The van der Waals surface area contributed by atoms with E-state index in [9.17, 15) is 13.6 Å². The molecule has 4 aromatic rings. The molecule has 150 valence electrons. The molecule has 11 heteroatoms. The van der Waals surface area contributed by atoms with E-state index in [1.165, 1.54) is 29.0 Å². The molecule has 1 amide bonds. The highest BCUT2D eigenvalue weighted by Gasteiger charge is 2.27. The lowest BCUT2D eigenvalue weighted by atomic mass is 10.2. The van der Waals surface area contributed by atoms with Crippen LogP contribution in [0.5, 0.6) is 5.75 Å². The van der Waals surface area contributed by atoms with Gasteiger partial charge in [-0.1, -0.05) is 0 Å². The lowest BCUT2D eigenvalue weighted by Gasteiger charge is -2.06. The summed E-state index contributed by atoms with van der Waals surface area (Å²) in [5, 5.41) is 7.10. The summed E-state index contributed by atoms with van der Waals surface area (Å²) in [6, 6.07) is 1.41. The van der Waals surface area contributed by atoms with E-state index < -0.39 is 11.6 Å². The molecule has 0 atom stereocenters. The molecular weight excluding hydrogens is 384 g/mol. The third-order valence-corrected chi connectivity index (χ3v) is 4.59. The average Bonchev–Trinajstić information content (AvgIpc) is 3.42. The first-order chi connectivity index (χ1) is 13.8. The predicted octanol–water partition coefficient (Wildman–Crippen LogP) is 2.14. The van der Waals surface area contributed by atoms with E-state index in [1.807, 2.05) is 0 Å². The Hall–Kier alpha value is -3.76. The summed E-state index contributed by atoms with van der Waals surface area (Å²) >= 11 is 0. The SMILES string of the molecule is COc1cc2c(-n3ccnc3)c(-c3n[nH]c(C(=O)N(C)C)n3)n(C)c2c(F)c1F. The second-order valence-corrected chi connectivity index (χ2v) is 6.54. The molecule has 0 saturated heterocycles. The van der Waals surface area contributed by atoms with Crippen molar-refractivity contribution in [3.63, 3.8) is 0 Å². The van der Waals surface area contributed by atoms with Crippen LogP contribution in [0.15, 0.2) is 24.8 Å². The zero-order valence-electron chi connectivity index (χ0n) is 16.1. The number of aromatic amines is 1. The van der Waals surface area contributed by atoms with Gasteiger partial charge in [-0.25, -0.2) is 14.4 Å². The lowest BCUT2D eigenvalue weighted by Crippen LogP contribution is -2.22. The van der Waals surface area contributed by atoms with E-state index in [2.05, 4.69) is 20.2 Å².